The van der Waals surface area contributed by atoms with E-state index < -0.39 is 0 Å². The highest BCUT2D eigenvalue weighted by Gasteiger charge is 2.22. The molecule has 3 aromatic carbocycles. The third-order valence-corrected chi connectivity index (χ3v) is 7.13. The first-order valence-corrected chi connectivity index (χ1v) is 12.5. The number of methoxy groups -OCH3 is 1. The number of H-pyrrole nitrogens is 1. The Bertz CT molecular complexity index is 1350. The van der Waals surface area contributed by atoms with Crippen molar-refractivity contribution >= 4 is 16.8 Å². The van der Waals surface area contributed by atoms with Crippen LogP contribution in [0.3, 0.4) is 0 Å². The van der Waals surface area contributed by atoms with Gasteiger partial charge in [-0.3, -0.25) is 9.69 Å². The van der Waals surface area contributed by atoms with Gasteiger partial charge in [0.25, 0.3) is 5.91 Å². The van der Waals surface area contributed by atoms with Crippen molar-refractivity contribution in [3.05, 3.63) is 89.1 Å². The van der Waals surface area contributed by atoms with Crippen LogP contribution in [0.15, 0.2) is 66.7 Å². The second kappa shape index (κ2) is 10.5. The predicted octanol–water partition coefficient (Wildman–Crippen LogP) is 5.59. The van der Waals surface area contributed by atoms with Crippen molar-refractivity contribution in [1.82, 2.24) is 14.8 Å². The van der Waals surface area contributed by atoms with E-state index in [-0.39, 0.29) is 5.91 Å². The summed E-state index contributed by atoms with van der Waals surface area (Å²) in [6.45, 7) is 8.40. The highest BCUT2D eigenvalue weighted by molar-refractivity contribution is 5.94. The van der Waals surface area contributed by atoms with E-state index in [1.165, 1.54) is 11.1 Å². The van der Waals surface area contributed by atoms with Crippen molar-refractivity contribution in [2.45, 2.75) is 20.3 Å². The first kappa shape index (κ1) is 23.9. The summed E-state index contributed by atoms with van der Waals surface area (Å²) in [5.41, 5.74) is 5.45. The van der Waals surface area contributed by atoms with Crippen LogP contribution >= 0.6 is 0 Å². The van der Waals surface area contributed by atoms with Gasteiger partial charge in [0.1, 0.15) is 17.2 Å². The van der Waals surface area contributed by atoms with Crippen molar-refractivity contribution in [2.24, 2.45) is 0 Å². The summed E-state index contributed by atoms with van der Waals surface area (Å²) >= 11 is 0. The van der Waals surface area contributed by atoms with Gasteiger partial charge < -0.3 is 19.4 Å². The largest absolute Gasteiger partial charge is 0.497 e. The van der Waals surface area contributed by atoms with Gasteiger partial charge in [-0.25, -0.2) is 0 Å². The van der Waals surface area contributed by atoms with Crippen molar-refractivity contribution in [2.75, 3.05) is 39.8 Å². The molecule has 6 nitrogen and oxygen atoms in total. The maximum Gasteiger partial charge on any atom is 0.254 e. The number of carbonyl (C=O) groups is 1. The summed E-state index contributed by atoms with van der Waals surface area (Å²) in [7, 11) is 1.68. The van der Waals surface area contributed by atoms with Gasteiger partial charge in [0.2, 0.25) is 0 Å². The van der Waals surface area contributed by atoms with Crippen molar-refractivity contribution in [3.8, 4) is 17.2 Å². The molecule has 0 atom stereocenters. The molecule has 36 heavy (non-hydrogen) atoms. The third kappa shape index (κ3) is 5.24. The Balaban J connectivity index is 1.17. The minimum Gasteiger partial charge on any atom is -0.497 e. The van der Waals surface area contributed by atoms with Gasteiger partial charge >= 0.3 is 0 Å². The molecule has 0 bridgehead atoms. The number of nitrogens with one attached hydrogen (secondary N) is 1. The van der Waals surface area contributed by atoms with E-state index in [0.717, 1.165) is 67.2 Å². The number of rotatable bonds is 7. The summed E-state index contributed by atoms with van der Waals surface area (Å²) in [5.74, 6) is 2.37. The number of nitrogens with zero attached hydrogens (tertiary/aromatic N) is 2. The van der Waals surface area contributed by atoms with Crippen LogP contribution in [0.1, 0.15) is 27.2 Å². The van der Waals surface area contributed by atoms with Crippen LogP contribution in [-0.2, 0) is 6.42 Å². The van der Waals surface area contributed by atoms with Gasteiger partial charge in [-0.1, -0.05) is 18.2 Å². The van der Waals surface area contributed by atoms with Gasteiger partial charge in [0.05, 0.1) is 7.11 Å². The van der Waals surface area contributed by atoms with Crippen LogP contribution < -0.4 is 9.47 Å². The number of hydrogen-bond donors (Lipinski definition) is 1. The van der Waals surface area contributed by atoms with Crippen molar-refractivity contribution in [1.29, 1.82) is 0 Å². The molecule has 1 N–H and O–H groups in total. The van der Waals surface area contributed by atoms with Gasteiger partial charge in [-0.15, -0.1) is 0 Å². The summed E-state index contributed by atoms with van der Waals surface area (Å²) < 4.78 is 11.4. The topological polar surface area (TPSA) is 57.8 Å². The molecule has 0 saturated carbocycles. The molecule has 1 amide bonds. The maximum absolute atomic E-state index is 13.2. The number of amides is 1. The van der Waals surface area contributed by atoms with Crippen molar-refractivity contribution in [3.63, 3.8) is 0 Å². The van der Waals surface area contributed by atoms with E-state index in [9.17, 15) is 4.79 Å². The molecular formula is C30H33N3O3. The monoisotopic (exact) mass is 483 g/mol. The van der Waals surface area contributed by atoms with Crippen LogP contribution in [0, 0.1) is 13.8 Å². The fourth-order valence-electron chi connectivity index (χ4n) is 4.77. The lowest BCUT2D eigenvalue weighted by Gasteiger charge is -2.34. The molecule has 4 aromatic rings. The van der Waals surface area contributed by atoms with Gasteiger partial charge in [-0.05, 0) is 79.9 Å². The van der Waals surface area contributed by atoms with Gasteiger partial charge in [0, 0.05) is 54.9 Å². The lowest BCUT2D eigenvalue weighted by Crippen LogP contribution is -2.49. The summed E-state index contributed by atoms with van der Waals surface area (Å²) in [6.07, 6.45) is 0.991. The Labute approximate surface area is 212 Å². The number of benzene rings is 3. The lowest BCUT2D eigenvalue weighted by molar-refractivity contribution is 0.0638. The number of aryl methyl sites for hydroxylation is 2. The zero-order valence-corrected chi connectivity index (χ0v) is 21.2. The zero-order valence-electron chi connectivity index (χ0n) is 21.2. The Kier molecular flexibility index (Phi) is 6.96. The summed E-state index contributed by atoms with van der Waals surface area (Å²) in [6, 6.07) is 21.8. The van der Waals surface area contributed by atoms with Crippen LogP contribution in [0.25, 0.3) is 10.9 Å². The SMILES string of the molecule is COc1ccc(CCN2CCN(C(=O)c3cccc(Oc4ccc5[nH]c(C)c(C)c5c4)c3)CC2)cc1. The molecule has 0 spiro atoms. The number of aromatic nitrogens is 1. The standard InChI is InChI=1S/C30H33N3O3/c1-21-22(2)31-29-12-11-27(20-28(21)29)36-26-6-4-5-24(19-26)30(34)33-17-15-32(16-18-33)14-13-23-7-9-25(35-3)10-8-23/h4-12,19-20,31H,13-18H2,1-3H3. The van der Waals surface area contributed by atoms with Gasteiger partial charge in [0.15, 0.2) is 0 Å². The maximum atomic E-state index is 13.2. The van der Waals surface area contributed by atoms with Gasteiger partial charge in [-0.2, -0.15) is 0 Å². The van der Waals surface area contributed by atoms with E-state index in [0.29, 0.717) is 11.3 Å². The minimum absolute atomic E-state index is 0.0582. The molecule has 2 heterocycles. The minimum atomic E-state index is 0.0582. The lowest BCUT2D eigenvalue weighted by atomic mass is 10.1. The normalized spacial score (nSPS) is 14.2. The highest BCUT2D eigenvalue weighted by atomic mass is 16.5. The fraction of sp³-hybridized carbons (Fsp3) is 0.300. The van der Waals surface area contributed by atoms with E-state index in [1.54, 1.807) is 7.11 Å². The Morgan fingerprint density at radius 2 is 1.61 bits per heavy atom. The molecule has 1 aromatic heterocycles. The number of fused-ring (bicyclic) bond motifs is 1. The fourth-order valence-corrected chi connectivity index (χ4v) is 4.77. The quantitative estimate of drug-likeness (QED) is 0.373. The van der Waals surface area contributed by atoms with E-state index in [1.807, 2.05) is 59.5 Å². The van der Waals surface area contributed by atoms with Crippen LogP contribution in [0.4, 0.5) is 0 Å². The number of aromatic amines is 1. The van der Waals surface area contributed by atoms with Crippen LogP contribution in [0.2, 0.25) is 0 Å². The number of piperazine rings is 1. The molecule has 1 aliphatic heterocycles. The highest BCUT2D eigenvalue weighted by Crippen LogP contribution is 2.29. The summed E-state index contributed by atoms with van der Waals surface area (Å²) in [5, 5.41) is 1.15. The average Bonchev–Trinajstić information content (AvgIpc) is 3.20. The average molecular weight is 484 g/mol. The first-order chi connectivity index (χ1) is 17.5. The van der Waals surface area contributed by atoms with Crippen LogP contribution in [0.5, 0.6) is 17.2 Å². The summed E-state index contributed by atoms with van der Waals surface area (Å²) in [4.78, 5) is 21.0. The molecule has 6 heteroatoms. The number of hydrogen-bond acceptors (Lipinski definition) is 4. The first-order valence-electron chi connectivity index (χ1n) is 12.5. The van der Waals surface area contributed by atoms with Crippen molar-refractivity contribution < 1.29 is 14.3 Å². The Morgan fingerprint density at radius 3 is 2.36 bits per heavy atom. The molecule has 5 rings (SSSR count). The molecular weight excluding hydrogens is 450 g/mol. The second-order valence-corrected chi connectivity index (χ2v) is 9.44. The third-order valence-electron chi connectivity index (χ3n) is 7.13. The van der Waals surface area contributed by atoms with E-state index in [2.05, 4.69) is 35.9 Å². The smallest absolute Gasteiger partial charge is 0.254 e. The number of ether oxygens (including phenoxy) is 2. The van der Waals surface area contributed by atoms with E-state index >= 15 is 0 Å². The molecule has 1 saturated heterocycles. The Morgan fingerprint density at radius 1 is 0.889 bits per heavy atom. The molecule has 1 aliphatic rings. The molecule has 0 radical (unpaired) electrons. The second-order valence-electron chi connectivity index (χ2n) is 9.44. The van der Waals surface area contributed by atoms with E-state index in [4.69, 9.17) is 9.47 Å². The number of carbonyl (C=O) groups excluding carboxylic acids is 1. The zero-order chi connectivity index (χ0) is 25.1. The molecule has 0 aliphatic carbocycles. The molecule has 1 fully saturated rings. The predicted molar refractivity (Wildman–Crippen MR) is 143 cm³/mol. The Hall–Kier alpha value is -3.77. The molecule has 0 unspecified atom stereocenters. The van der Waals surface area contributed by atoms with Crippen LogP contribution in [-0.4, -0.2) is 60.5 Å². The molecule has 186 valence electrons.